The van der Waals surface area contributed by atoms with Crippen molar-refractivity contribution in [3.63, 3.8) is 0 Å². The van der Waals surface area contributed by atoms with Crippen LogP contribution in [0.2, 0.25) is 0 Å². The molecule has 0 fully saturated rings. The maximum Gasteiger partial charge on any atom is 0.342 e. The molecule has 0 bridgehead atoms. The van der Waals surface area contributed by atoms with Crippen molar-refractivity contribution in [2.24, 2.45) is 0 Å². The number of hydrogen-bond acceptors (Lipinski definition) is 6. The Labute approximate surface area is 147 Å². The number of aromatic nitrogens is 6. The van der Waals surface area contributed by atoms with Gasteiger partial charge in [-0.1, -0.05) is 48.5 Å². The Morgan fingerprint density at radius 3 is 2.54 bits per heavy atom. The topological polar surface area (TPSA) is 115 Å². The van der Waals surface area contributed by atoms with Gasteiger partial charge in [0.25, 0.3) is 0 Å². The summed E-state index contributed by atoms with van der Waals surface area (Å²) in [5.41, 5.74) is 3.79. The zero-order valence-electron chi connectivity index (χ0n) is 13.5. The Morgan fingerprint density at radius 2 is 1.85 bits per heavy atom. The standard InChI is InChI=1S/C17H13N7O2/c25-24(26)16-9-18-11-23(16)10-12-5-7-13(8-6-12)14-3-1-2-4-15(14)17-19-21-22-20-17/h1-9,11H,10H2,(H,19,20,21,22). The SMILES string of the molecule is O=[N+]([O-])c1cncn1Cc1ccc(-c2ccccc2-c2nn[nH]n2)cc1. The van der Waals surface area contributed by atoms with Crippen LogP contribution in [0.1, 0.15) is 5.56 Å². The minimum Gasteiger partial charge on any atom is -0.358 e. The summed E-state index contributed by atoms with van der Waals surface area (Å²) in [7, 11) is 0. The maximum atomic E-state index is 11.0. The molecule has 0 spiro atoms. The second-order valence-electron chi connectivity index (χ2n) is 5.61. The van der Waals surface area contributed by atoms with Gasteiger partial charge in [-0.15, -0.1) is 10.2 Å². The Morgan fingerprint density at radius 1 is 1.08 bits per heavy atom. The molecule has 0 unspecified atom stereocenters. The van der Waals surface area contributed by atoms with E-state index in [1.54, 1.807) is 0 Å². The summed E-state index contributed by atoms with van der Waals surface area (Å²) in [6.07, 6.45) is 2.70. The number of aromatic amines is 1. The average Bonchev–Trinajstić information content (AvgIpc) is 3.34. The number of nitrogens with zero attached hydrogens (tertiary/aromatic N) is 6. The molecule has 4 rings (SSSR count). The fourth-order valence-corrected chi connectivity index (χ4v) is 2.78. The molecule has 9 heteroatoms. The van der Waals surface area contributed by atoms with Gasteiger partial charge in [0.05, 0.1) is 0 Å². The van der Waals surface area contributed by atoms with Crippen molar-refractivity contribution in [3.8, 4) is 22.5 Å². The second kappa shape index (κ2) is 6.55. The van der Waals surface area contributed by atoms with Gasteiger partial charge >= 0.3 is 5.82 Å². The number of benzene rings is 2. The predicted octanol–water partition coefficient (Wildman–Crippen LogP) is 2.69. The van der Waals surface area contributed by atoms with Gasteiger partial charge in [0.15, 0.2) is 6.33 Å². The first-order valence-electron chi connectivity index (χ1n) is 7.79. The van der Waals surface area contributed by atoms with Gasteiger partial charge < -0.3 is 10.1 Å². The second-order valence-corrected chi connectivity index (χ2v) is 5.61. The third-order valence-electron chi connectivity index (χ3n) is 4.01. The zero-order valence-corrected chi connectivity index (χ0v) is 13.5. The summed E-state index contributed by atoms with van der Waals surface area (Å²) in [5.74, 6) is 0.496. The van der Waals surface area contributed by atoms with E-state index in [1.807, 2.05) is 48.5 Å². The zero-order chi connectivity index (χ0) is 17.9. The molecular weight excluding hydrogens is 334 g/mol. The summed E-state index contributed by atoms with van der Waals surface area (Å²) in [6.45, 7) is 0.378. The number of hydrogen-bond donors (Lipinski definition) is 1. The molecular formula is C17H13N7O2. The van der Waals surface area contributed by atoms with Crippen molar-refractivity contribution in [2.45, 2.75) is 6.54 Å². The largest absolute Gasteiger partial charge is 0.358 e. The van der Waals surface area contributed by atoms with Gasteiger partial charge in [0.2, 0.25) is 5.82 Å². The van der Waals surface area contributed by atoms with Crippen LogP contribution in [0.4, 0.5) is 5.82 Å². The van der Waals surface area contributed by atoms with Crippen LogP contribution < -0.4 is 0 Å². The molecule has 1 N–H and O–H groups in total. The first-order valence-corrected chi connectivity index (χ1v) is 7.79. The summed E-state index contributed by atoms with van der Waals surface area (Å²) < 4.78 is 1.50. The van der Waals surface area contributed by atoms with Gasteiger partial charge in [0.1, 0.15) is 12.7 Å². The van der Waals surface area contributed by atoms with E-state index >= 15 is 0 Å². The van der Waals surface area contributed by atoms with Crippen LogP contribution in [0.25, 0.3) is 22.5 Å². The van der Waals surface area contributed by atoms with Crippen molar-refractivity contribution in [3.05, 3.63) is 76.7 Å². The highest BCUT2D eigenvalue weighted by molar-refractivity contribution is 5.80. The minimum absolute atomic E-state index is 0.0310. The lowest BCUT2D eigenvalue weighted by Crippen LogP contribution is -2.02. The van der Waals surface area contributed by atoms with Crippen LogP contribution in [0.5, 0.6) is 0 Å². The summed E-state index contributed by atoms with van der Waals surface area (Å²) in [4.78, 5) is 14.4. The van der Waals surface area contributed by atoms with Gasteiger partial charge in [0, 0.05) is 5.56 Å². The molecule has 128 valence electrons. The Hall–Kier alpha value is -3.88. The number of tetrazole rings is 1. The fourth-order valence-electron chi connectivity index (χ4n) is 2.78. The van der Waals surface area contributed by atoms with E-state index in [0.29, 0.717) is 12.4 Å². The van der Waals surface area contributed by atoms with E-state index < -0.39 is 4.92 Å². The van der Waals surface area contributed by atoms with E-state index in [1.165, 1.54) is 17.1 Å². The van der Waals surface area contributed by atoms with Gasteiger partial charge in [-0.25, -0.2) is 9.55 Å². The van der Waals surface area contributed by atoms with Crippen molar-refractivity contribution >= 4 is 5.82 Å². The molecule has 0 aliphatic carbocycles. The molecule has 0 atom stereocenters. The Balaban J connectivity index is 1.63. The van der Waals surface area contributed by atoms with Crippen molar-refractivity contribution in [1.82, 2.24) is 30.2 Å². The highest BCUT2D eigenvalue weighted by Crippen LogP contribution is 2.29. The molecule has 2 heterocycles. The van der Waals surface area contributed by atoms with E-state index in [4.69, 9.17) is 0 Å². The summed E-state index contributed by atoms with van der Waals surface area (Å²) in [5, 5.41) is 25.2. The normalized spacial score (nSPS) is 10.8. The average molecular weight is 347 g/mol. The molecule has 2 aromatic carbocycles. The molecule has 0 saturated carbocycles. The van der Waals surface area contributed by atoms with Crippen LogP contribution in [0, 0.1) is 10.1 Å². The molecule has 0 aliphatic heterocycles. The summed E-state index contributed by atoms with van der Waals surface area (Å²) in [6, 6.07) is 15.6. The van der Waals surface area contributed by atoms with Gasteiger partial charge in [-0.05, 0) is 26.8 Å². The molecule has 4 aromatic rings. The van der Waals surface area contributed by atoms with Crippen molar-refractivity contribution in [1.29, 1.82) is 0 Å². The maximum absolute atomic E-state index is 11.0. The number of nitro groups is 1. The molecule has 0 aliphatic rings. The Bertz CT molecular complexity index is 1040. The van der Waals surface area contributed by atoms with Gasteiger partial charge in [-0.2, -0.15) is 5.21 Å². The highest BCUT2D eigenvalue weighted by atomic mass is 16.6. The van der Waals surface area contributed by atoms with E-state index in [2.05, 4.69) is 25.6 Å². The lowest BCUT2D eigenvalue weighted by molar-refractivity contribution is -0.392. The van der Waals surface area contributed by atoms with Crippen LogP contribution in [-0.2, 0) is 6.54 Å². The Kier molecular flexibility index (Phi) is 3.94. The number of rotatable bonds is 5. The number of H-pyrrole nitrogens is 1. The van der Waals surface area contributed by atoms with Crippen LogP contribution in [0.15, 0.2) is 61.1 Å². The molecule has 26 heavy (non-hydrogen) atoms. The molecule has 2 aromatic heterocycles. The van der Waals surface area contributed by atoms with E-state index in [9.17, 15) is 10.1 Å². The van der Waals surface area contributed by atoms with Crippen LogP contribution in [0.3, 0.4) is 0 Å². The fraction of sp³-hybridized carbons (Fsp3) is 0.0588. The van der Waals surface area contributed by atoms with Crippen LogP contribution in [-0.4, -0.2) is 35.1 Å². The lowest BCUT2D eigenvalue weighted by atomic mass is 9.98. The minimum atomic E-state index is -0.442. The third kappa shape index (κ3) is 2.93. The first-order chi connectivity index (χ1) is 12.7. The van der Waals surface area contributed by atoms with E-state index in [0.717, 1.165) is 22.3 Å². The molecule has 9 nitrogen and oxygen atoms in total. The predicted molar refractivity (Wildman–Crippen MR) is 93.0 cm³/mol. The molecule has 0 saturated heterocycles. The van der Waals surface area contributed by atoms with E-state index in [-0.39, 0.29) is 5.82 Å². The summed E-state index contributed by atoms with van der Waals surface area (Å²) >= 11 is 0. The first kappa shape index (κ1) is 15.6. The monoisotopic (exact) mass is 347 g/mol. The molecule has 0 radical (unpaired) electrons. The van der Waals surface area contributed by atoms with Gasteiger partial charge in [-0.3, -0.25) is 0 Å². The van der Waals surface area contributed by atoms with Crippen molar-refractivity contribution in [2.75, 3.05) is 0 Å². The number of nitrogens with one attached hydrogen (secondary N) is 1. The number of imidazole rings is 1. The van der Waals surface area contributed by atoms with Crippen LogP contribution >= 0.6 is 0 Å². The highest BCUT2D eigenvalue weighted by Gasteiger charge is 2.14. The quantitative estimate of drug-likeness (QED) is 0.438. The lowest BCUT2D eigenvalue weighted by Gasteiger charge is -2.08. The van der Waals surface area contributed by atoms with Crippen molar-refractivity contribution < 1.29 is 4.92 Å². The third-order valence-corrected chi connectivity index (χ3v) is 4.01. The molecule has 0 amide bonds. The smallest absolute Gasteiger partial charge is 0.342 e.